The van der Waals surface area contributed by atoms with Gasteiger partial charge in [-0.2, -0.15) is 0 Å². The Kier molecular flexibility index (Phi) is 6.24. The maximum absolute atomic E-state index is 12.3. The Labute approximate surface area is 122 Å². The summed E-state index contributed by atoms with van der Waals surface area (Å²) < 4.78 is 0. The fourth-order valence-corrected chi connectivity index (χ4v) is 3.24. The number of hydrogen-bond donors (Lipinski definition) is 2. The first kappa shape index (κ1) is 16.4. The number of unbranched alkanes of at least 4 members (excludes halogenated alkanes) is 1. The first-order valence-electron chi connectivity index (χ1n) is 7.54. The molecule has 1 amide bonds. The van der Waals surface area contributed by atoms with Crippen molar-refractivity contribution in [2.75, 3.05) is 6.54 Å². The molecule has 1 fully saturated rings. The van der Waals surface area contributed by atoms with E-state index in [2.05, 4.69) is 26.1 Å². The summed E-state index contributed by atoms with van der Waals surface area (Å²) in [5.41, 5.74) is 5.23. The highest BCUT2D eigenvalue weighted by Crippen LogP contribution is 2.45. The Bertz CT molecular complexity index is 324. The molecule has 110 valence electrons. The molecule has 3 nitrogen and oxygen atoms in total. The van der Waals surface area contributed by atoms with Crippen molar-refractivity contribution in [2.24, 2.45) is 23.0 Å². The van der Waals surface area contributed by atoms with Crippen LogP contribution >= 0.6 is 12.2 Å². The van der Waals surface area contributed by atoms with Gasteiger partial charge in [-0.25, -0.2) is 0 Å². The van der Waals surface area contributed by atoms with Gasteiger partial charge in [-0.3, -0.25) is 4.79 Å². The molecule has 1 atom stereocenters. The van der Waals surface area contributed by atoms with Gasteiger partial charge in [0, 0.05) is 6.54 Å². The van der Waals surface area contributed by atoms with Gasteiger partial charge in [-0.1, -0.05) is 52.3 Å². The highest BCUT2D eigenvalue weighted by atomic mass is 32.1. The van der Waals surface area contributed by atoms with Gasteiger partial charge in [-0.15, -0.1) is 0 Å². The summed E-state index contributed by atoms with van der Waals surface area (Å²) in [7, 11) is 0. The summed E-state index contributed by atoms with van der Waals surface area (Å²) in [4.78, 5) is 12.7. The van der Waals surface area contributed by atoms with E-state index in [4.69, 9.17) is 18.0 Å². The van der Waals surface area contributed by atoms with E-state index in [0.29, 0.717) is 16.8 Å². The maximum atomic E-state index is 12.3. The Morgan fingerprint density at radius 1 is 1.47 bits per heavy atom. The number of amides is 1. The van der Waals surface area contributed by atoms with Gasteiger partial charge in [0.15, 0.2) is 0 Å². The lowest BCUT2D eigenvalue weighted by Crippen LogP contribution is -2.56. The number of nitrogens with two attached hydrogens (primary N) is 1. The monoisotopic (exact) mass is 284 g/mol. The van der Waals surface area contributed by atoms with Crippen molar-refractivity contribution in [3.63, 3.8) is 0 Å². The molecule has 0 aromatic rings. The van der Waals surface area contributed by atoms with Gasteiger partial charge in [0.05, 0.1) is 10.4 Å². The summed E-state index contributed by atoms with van der Waals surface area (Å²) in [6.45, 7) is 7.28. The van der Waals surface area contributed by atoms with E-state index in [1.807, 2.05) is 0 Å². The standard InChI is InChI=1S/C15H28N2OS/c1-4-6-7-12(5-2)10-17-14(18)15(13(16)19)8-11(3)9-15/h11-12H,4-10H2,1-3H3,(H2,16,19)(H,17,18). The second-order valence-electron chi connectivity index (χ2n) is 6.09. The van der Waals surface area contributed by atoms with Crippen LogP contribution in [0.1, 0.15) is 59.3 Å². The number of carbonyl (C=O) groups is 1. The minimum atomic E-state index is -0.558. The van der Waals surface area contributed by atoms with Crippen LogP contribution in [0.15, 0.2) is 0 Å². The molecule has 0 aromatic carbocycles. The van der Waals surface area contributed by atoms with E-state index in [0.717, 1.165) is 25.8 Å². The molecule has 1 unspecified atom stereocenters. The van der Waals surface area contributed by atoms with E-state index in [-0.39, 0.29) is 5.91 Å². The van der Waals surface area contributed by atoms with Crippen molar-refractivity contribution >= 4 is 23.1 Å². The topological polar surface area (TPSA) is 55.1 Å². The van der Waals surface area contributed by atoms with Crippen molar-refractivity contribution in [3.05, 3.63) is 0 Å². The number of nitrogens with one attached hydrogen (secondary N) is 1. The fraction of sp³-hybridized carbons (Fsp3) is 0.867. The molecule has 4 heteroatoms. The van der Waals surface area contributed by atoms with Crippen LogP contribution in [0.2, 0.25) is 0 Å². The van der Waals surface area contributed by atoms with E-state index in [1.54, 1.807) is 0 Å². The molecular formula is C15H28N2OS. The van der Waals surface area contributed by atoms with Gasteiger partial charge in [0.25, 0.3) is 0 Å². The molecule has 0 radical (unpaired) electrons. The molecule has 0 aromatic heterocycles. The van der Waals surface area contributed by atoms with Crippen LogP contribution < -0.4 is 11.1 Å². The molecule has 0 spiro atoms. The second-order valence-corrected chi connectivity index (χ2v) is 6.53. The summed E-state index contributed by atoms with van der Waals surface area (Å²) in [5, 5.41) is 3.08. The average molecular weight is 284 g/mol. The number of carbonyl (C=O) groups excluding carboxylic acids is 1. The van der Waals surface area contributed by atoms with Gasteiger partial charge >= 0.3 is 0 Å². The molecule has 1 rings (SSSR count). The van der Waals surface area contributed by atoms with Crippen molar-refractivity contribution < 1.29 is 4.79 Å². The summed E-state index contributed by atoms with van der Waals surface area (Å²) in [6, 6.07) is 0. The summed E-state index contributed by atoms with van der Waals surface area (Å²) in [5.74, 6) is 1.17. The lowest BCUT2D eigenvalue weighted by Gasteiger charge is -2.44. The van der Waals surface area contributed by atoms with Gasteiger partial charge in [0.2, 0.25) is 5.91 Å². The Morgan fingerprint density at radius 3 is 2.53 bits per heavy atom. The van der Waals surface area contributed by atoms with Crippen LogP contribution in [0.5, 0.6) is 0 Å². The van der Waals surface area contributed by atoms with Gasteiger partial charge < -0.3 is 11.1 Å². The largest absolute Gasteiger partial charge is 0.392 e. The zero-order valence-electron chi connectivity index (χ0n) is 12.5. The molecule has 0 bridgehead atoms. The maximum Gasteiger partial charge on any atom is 0.233 e. The highest BCUT2D eigenvalue weighted by molar-refractivity contribution is 7.80. The van der Waals surface area contributed by atoms with Crippen LogP contribution in [0.4, 0.5) is 0 Å². The van der Waals surface area contributed by atoms with Crippen molar-refractivity contribution in [2.45, 2.75) is 59.3 Å². The second kappa shape index (κ2) is 7.22. The van der Waals surface area contributed by atoms with Crippen LogP contribution in [0.25, 0.3) is 0 Å². The molecule has 19 heavy (non-hydrogen) atoms. The molecule has 0 aliphatic heterocycles. The normalized spacial score (nSPS) is 27.4. The minimum absolute atomic E-state index is 0.0491. The van der Waals surface area contributed by atoms with Gasteiger partial charge in [-0.05, 0) is 31.1 Å². The van der Waals surface area contributed by atoms with E-state index < -0.39 is 5.41 Å². The lowest BCUT2D eigenvalue weighted by atomic mass is 9.62. The third kappa shape index (κ3) is 3.91. The highest BCUT2D eigenvalue weighted by Gasteiger charge is 2.50. The zero-order chi connectivity index (χ0) is 14.5. The van der Waals surface area contributed by atoms with Crippen LogP contribution in [-0.2, 0) is 4.79 Å². The predicted molar refractivity (Wildman–Crippen MR) is 83.9 cm³/mol. The molecule has 0 saturated heterocycles. The van der Waals surface area contributed by atoms with Crippen molar-refractivity contribution in [1.29, 1.82) is 0 Å². The molecular weight excluding hydrogens is 256 g/mol. The Balaban J connectivity index is 2.47. The summed E-state index contributed by atoms with van der Waals surface area (Å²) in [6.07, 6.45) is 6.34. The SMILES string of the molecule is CCCCC(CC)CNC(=O)C1(C(N)=S)CC(C)C1. The Hall–Kier alpha value is -0.640. The summed E-state index contributed by atoms with van der Waals surface area (Å²) >= 11 is 5.11. The van der Waals surface area contributed by atoms with Crippen molar-refractivity contribution in [1.82, 2.24) is 5.32 Å². The quantitative estimate of drug-likeness (QED) is 0.674. The van der Waals surface area contributed by atoms with Crippen LogP contribution in [0, 0.1) is 17.3 Å². The number of hydrogen-bond acceptors (Lipinski definition) is 2. The first-order chi connectivity index (χ1) is 8.96. The minimum Gasteiger partial charge on any atom is -0.392 e. The number of thiocarbonyl (C=S) groups is 1. The third-order valence-corrected chi connectivity index (χ3v) is 4.79. The van der Waals surface area contributed by atoms with Crippen LogP contribution in [-0.4, -0.2) is 17.4 Å². The van der Waals surface area contributed by atoms with E-state index in [9.17, 15) is 4.79 Å². The predicted octanol–water partition coefficient (Wildman–Crippen LogP) is 3.02. The zero-order valence-corrected chi connectivity index (χ0v) is 13.3. The molecule has 0 heterocycles. The molecule has 1 saturated carbocycles. The molecule has 1 aliphatic rings. The first-order valence-corrected chi connectivity index (χ1v) is 7.95. The van der Waals surface area contributed by atoms with Crippen LogP contribution in [0.3, 0.4) is 0 Å². The average Bonchev–Trinajstić information content (AvgIpc) is 2.34. The fourth-order valence-electron chi connectivity index (χ4n) is 2.98. The van der Waals surface area contributed by atoms with E-state index >= 15 is 0 Å². The van der Waals surface area contributed by atoms with Crippen molar-refractivity contribution in [3.8, 4) is 0 Å². The Morgan fingerprint density at radius 2 is 2.11 bits per heavy atom. The smallest absolute Gasteiger partial charge is 0.233 e. The molecule has 3 N–H and O–H groups in total. The van der Waals surface area contributed by atoms with Gasteiger partial charge in [0.1, 0.15) is 0 Å². The third-order valence-electron chi connectivity index (χ3n) is 4.39. The lowest BCUT2D eigenvalue weighted by molar-refractivity contribution is -0.133. The number of rotatable bonds is 8. The molecule has 1 aliphatic carbocycles. The van der Waals surface area contributed by atoms with E-state index in [1.165, 1.54) is 19.3 Å².